The molecule has 1 aliphatic carbocycles. The average Bonchev–Trinajstić information content (AvgIpc) is 3.17. The Balaban J connectivity index is 1.97. The molecule has 1 saturated carbocycles. The topological polar surface area (TPSA) is 62.2 Å². The van der Waals surface area contributed by atoms with Gasteiger partial charge < -0.3 is 10.4 Å². The summed E-state index contributed by atoms with van der Waals surface area (Å²) in [5.41, 5.74) is -0.871. The predicted molar refractivity (Wildman–Crippen MR) is 69.4 cm³/mol. The SMILES string of the molecule is CC(C)(NC(=O)[C@@H]1C[C@H]1c1cccnc1)C(O)C(F)(F)F. The molecule has 2 rings (SSSR count). The molecule has 3 atom stereocenters. The van der Waals surface area contributed by atoms with Crippen molar-refractivity contribution in [1.82, 2.24) is 10.3 Å². The van der Waals surface area contributed by atoms with Crippen LogP contribution in [0.4, 0.5) is 13.2 Å². The van der Waals surface area contributed by atoms with Crippen molar-refractivity contribution in [3.8, 4) is 0 Å². The number of nitrogens with one attached hydrogen (secondary N) is 1. The van der Waals surface area contributed by atoms with Gasteiger partial charge in [-0.25, -0.2) is 0 Å². The van der Waals surface area contributed by atoms with Crippen LogP contribution in [0.2, 0.25) is 0 Å². The van der Waals surface area contributed by atoms with E-state index in [-0.39, 0.29) is 11.8 Å². The number of aliphatic hydroxyl groups excluding tert-OH is 1. The number of rotatable bonds is 4. The van der Waals surface area contributed by atoms with Crippen LogP contribution in [0.1, 0.15) is 31.7 Å². The first-order valence-corrected chi connectivity index (χ1v) is 6.59. The van der Waals surface area contributed by atoms with Gasteiger partial charge in [0.1, 0.15) is 0 Å². The lowest BCUT2D eigenvalue weighted by Crippen LogP contribution is -2.58. The number of halogens is 3. The summed E-state index contributed by atoms with van der Waals surface area (Å²) in [4.78, 5) is 16.0. The van der Waals surface area contributed by atoms with E-state index in [1.165, 1.54) is 0 Å². The van der Waals surface area contributed by atoms with Gasteiger partial charge in [-0.1, -0.05) is 6.07 Å². The zero-order valence-electron chi connectivity index (χ0n) is 11.7. The maximum absolute atomic E-state index is 12.5. The molecule has 0 spiro atoms. The van der Waals surface area contributed by atoms with E-state index in [1.807, 2.05) is 6.07 Å². The molecule has 0 aromatic carbocycles. The quantitative estimate of drug-likeness (QED) is 0.894. The molecule has 7 heteroatoms. The molecule has 1 amide bonds. The Morgan fingerprint density at radius 1 is 1.48 bits per heavy atom. The Hall–Kier alpha value is -1.63. The van der Waals surface area contributed by atoms with Crippen LogP contribution in [0.25, 0.3) is 0 Å². The first kappa shape index (κ1) is 15.8. The zero-order chi connectivity index (χ0) is 15.8. The number of alkyl halides is 3. The van der Waals surface area contributed by atoms with E-state index in [4.69, 9.17) is 0 Å². The summed E-state index contributed by atoms with van der Waals surface area (Å²) in [6.45, 7) is 2.31. The van der Waals surface area contributed by atoms with Crippen molar-refractivity contribution >= 4 is 5.91 Å². The normalized spacial score (nSPS) is 23.5. The smallest absolute Gasteiger partial charge is 0.382 e. The number of aromatic nitrogens is 1. The van der Waals surface area contributed by atoms with Gasteiger partial charge in [-0.05, 0) is 37.8 Å². The lowest BCUT2D eigenvalue weighted by molar-refractivity contribution is -0.223. The largest absolute Gasteiger partial charge is 0.416 e. The van der Waals surface area contributed by atoms with Crippen molar-refractivity contribution in [2.45, 2.75) is 44.0 Å². The van der Waals surface area contributed by atoms with Gasteiger partial charge in [-0.15, -0.1) is 0 Å². The highest BCUT2D eigenvalue weighted by Gasteiger charge is 2.51. The third-order valence-electron chi connectivity index (χ3n) is 3.68. The van der Waals surface area contributed by atoms with Crippen molar-refractivity contribution in [3.05, 3.63) is 30.1 Å². The molecule has 1 heterocycles. The highest BCUT2D eigenvalue weighted by molar-refractivity contribution is 5.83. The van der Waals surface area contributed by atoms with Gasteiger partial charge in [-0.2, -0.15) is 13.2 Å². The summed E-state index contributed by atoms with van der Waals surface area (Å²) in [5.74, 6) is -0.858. The molecule has 2 N–H and O–H groups in total. The molecular weight excluding hydrogens is 285 g/mol. The number of hydrogen-bond donors (Lipinski definition) is 2. The van der Waals surface area contributed by atoms with Crippen LogP contribution in [0.5, 0.6) is 0 Å². The van der Waals surface area contributed by atoms with Gasteiger partial charge in [0, 0.05) is 18.3 Å². The Kier molecular flexibility index (Phi) is 3.97. The predicted octanol–water partition coefficient (Wildman–Crippen LogP) is 2.00. The summed E-state index contributed by atoms with van der Waals surface area (Å²) < 4.78 is 37.6. The van der Waals surface area contributed by atoms with Crippen LogP contribution >= 0.6 is 0 Å². The number of aliphatic hydroxyl groups is 1. The first-order valence-electron chi connectivity index (χ1n) is 6.59. The van der Waals surface area contributed by atoms with Gasteiger partial charge in [0.25, 0.3) is 0 Å². The molecule has 1 aromatic rings. The number of carbonyl (C=O) groups excluding carboxylic acids is 1. The molecule has 1 aliphatic rings. The number of carbonyl (C=O) groups is 1. The average molecular weight is 302 g/mol. The Bertz CT molecular complexity index is 517. The van der Waals surface area contributed by atoms with Gasteiger partial charge in [-0.3, -0.25) is 9.78 Å². The molecule has 1 unspecified atom stereocenters. The monoisotopic (exact) mass is 302 g/mol. The second-order valence-electron chi connectivity index (χ2n) is 5.89. The van der Waals surface area contributed by atoms with Crippen LogP contribution in [0, 0.1) is 5.92 Å². The molecule has 21 heavy (non-hydrogen) atoms. The van der Waals surface area contributed by atoms with Crippen molar-refractivity contribution in [2.24, 2.45) is 5.92 Å². The van der Waals surface area contributed by atoms with Crippen LogP contribution in [-0.4, -0.2) is 33.8 Å². The van der Waals surface area contributed by atoms with E-state index < -0.39 is 23.7 Å². The molecular formula is C14H17F3N2O2. The Labute approximate surface area is 120 Å². The lowest BCUT2D eigenvalue weighted by atomic mass is 9.96. The first-order chi connectivity index (χ1) is 9.63. The zero-order valence-corrected chi connectivity index (χ0v) is 11.7. The number of amides is 1. The van der Waals surface area contributed by atoms with Gasteiger partial charge in [0.15, 0.2) is 6.10 Å². The third-order valence-corrected chi connectivity index (χ3v) is 3.68. The maximum Gasteiger partial charge on any atom is 0.416 e. The maximum atomic E-state index is 12.5. The van der Waals surface area contributed by atoms with Crippen LogP contribution < -0.4 is 5.32 Å². The Morgan fingerprint density at radius 2 is 2.14 bits per heavy atom. The van der Waals surface area contributed by atoms with E-state index in [1.54, 1.807) is 18.5 Å². The van der Waals surface area contributed by atoms with Gasteiger partial charge in [0.05, 0.1) is 5.54 Å². The molecule has 0 aliphatic heterocycles. The fourth-order valence-electron chi connectivity index (χ4n) is 2.34. The second kappa shape index (κ2) is 5.29. The summed E-state index contributed by atoms with van der Waals surface area (Å²) in [6, 6.07) is 3.58. The van der Waals surface area contributed by atoms with Gasteiger partial charge >= 0.3 is 6.18 Å². The van der Waals surface area contributed by atoms with E-state index in [0.717, 1.165) is 19.4 Å². The molecule has 0 radical (unpaired) electrons. The highest BCUT2D eigenvalue weighted by Crippen LogP contribution is 2.47. The van der Waals surface area contributed by atoms with E-state index in [0.29, 0.717) is 6.42 Å². The minimum atomic E-state index is -4.77. The van der Waals surface area contributed by atoms with E-state index >= 15 is 0 Å². The highest BCUT2D eigenvalue weighted by atomic mass is 19.4. The van der Waals surface area contributed by atoms with Gasteiger partial charge in [0.2, 0.25) is 5.91 Å². The standard InChI is InChI=1S/C14H17F3N2O2/c1-13(2,12(21)14(15,16)17)19-11(20)10-6-9(10)8-4-3-5-18-7-8/h3-5,7,9-10,12,21H,6H2,1-2H3,(H,19,20)/t9-,10+,12?/m0/s1. The number of nitrogens with zero attached hydrogens (tertiary/aromatic N) is 1. The number of pyridine rings is 1. The van der Waals surface area contributed by atoms with Crippen LogP contribution in [0.15, 0.2) is 24.5 Å². The van der Waals surface area contributed by atoms with E-state index in [9.17, 15) is 23.1 Å². The molecule has 4 nitrogen and oxygen atoms in total. The second-order valence-corrected chi connectivity index (χ2v) is 5.89. The lowest BCUT2D eigenvalue weighted by Gasteiger charge is -2.32. The fourth-order valence-corrected chi connectivity index (χ4v) is 2.34. The van der Waals surface area contributed by atoms with Crippen molar-refractivity contribution in [3.63, 3.8) is 0 Å². The molecule has 0 bridgehead atoms. The minimum absolute atomic E-state index is 0.0162. The fraction of sp³-hybridized carbons (Fsp3) is 0.571. The van der Waals surface area contributed by atoms with Crippen molar-refractivity contribution in [2.75, 3.05) is 0 Å². The number of hydrogen-bond acceptors (Lipinski definition) is 3. The van der Waals surface area contributed by atoms with Crippen molar-refractivity contribution in [1.29, 1.82) is 0 Å². The Morgan fingerprint density at radius 3 is 2.67 bits per heavy atom. The van der Waals surface area contributed by atoms with Crippen molar-refractivity contribution < 1.29 is 23.1 Å². The molecule has 0 saturated heterocycles. The van der Waals surface area contributed by atoms with Crippen LogP contribution in [-0.2, 0) is 4.79 Å². The summed E-state index contributed by atoms with van der Waals surface area (Å²) >= 11 is 0. The van der Waals surface area contributed by atoms with Crippen LogP contribution in [0.3, 0.4) is 0 Å². The summed E-state index contributed by atoms with van der Waals surface area (Å²) in [7, 11) is 0. The molecule has 1 fully saturated rings. The molecule has 116 valence electrons. The van der Waals surface area contributed by atoms with E-state index in [2.05, 4.69) is 10.3 Å². The summed E-state index contributed by atoms with van der Waals surface area (Å²) in [6.07, 6.45) is -3.54. The third kappa shape index (κ3) is 3.53. The summed E-state index contributed by atoms with van der Waals surface area (Å²) in [5, 5.41) is 11.6. The minimum Gasteiger partial charge on any atom is -0.382 e. The molecule has 1 aromatic heterocycles.